The molecular weight excluding hydrogens is 222 g/mol. The number of hydrogen-bond donors (Lipinski definition) is 0. The third-order valence-corrected chi connectivity index (χ3v) is 3.87. The second kappa shape index (κ2) is 3.92. The highest BCUT2D eigenvalue weighted by Gasteiger charge is 2.57. The summed E-state index contributed by atoms with van der Waals surface area (Å²) in [6.45, 7) is 5.29. The van der Waals surface area contributed by atoms with E-state index in [1.165, 1.54) is 11.1 Å². The lowest BCUT2D eigenvalue weighted by atomic mass is 9.63. The van der Waals surface area contributed by atoms with E-state index >= 15 is 0 Å². The molecule has 1 aromatic heterocycles. The summed E-state index contributed by atoms with van der Waals surface area (Å²) in [6.07, 6.45) is 3.66. The lowest BCUT2D eigenvalue weighted by Crippen LogP contribution is -2.58. The second-order valence-corrected chi connectivity index (χ2v) is 5.46. The van der Waals surface area contributed by atoms with E-state index in [0.717, 1.165) is 6.61 Å². The Kier molecular flexibility index (Phi) is 2.49. The summed E-state index contributed by atoms with van der Waals surface area (Å²) in [7, 11) is 0. The van der Waals surface area contributed by atoms with Gasteiger partial charge >= 0.3 is 0 Å². The maximum Gasteiger partial charge on any atom is 0.125 e. The average molecular weight is 239 g/mol. The first-order valence-corrected chi connectivity index (χ1v) is 6.27. The first-order chi connectivity index (χ1) is 8.67. The van der Waals surface area contributed by atoms with Crippen molar-refractivity contribution in [3.63, 3.8) is 0 Å². The molecule has 0 radical (unpaired) electrons. The van der Waals surface area contributed by atoms with Crippen molar-refractivity contribution in [2.24, 2.45) is 5.41 Å². The Bertz CT molecular complexity index is 494. The summed E-state index contributed by atoms with van der Waals surface area (Å²) in [5.74, 6) is 0. The van der Waals surface area contributed by atoms with Crippen LogP contribution >= 0.6 is 0 Å². The van der Waals surface area contributed by atoms with Gasteiger partial charge in [0.1, 0.15) is 5.60 Å². The van der Waals surface area contributed by atoms with Crippen LogP contribution in [-0.4, -0.2) is 11.6 Å². The molecule has 0 spiro atoms. The molecule has 1 saturated heterocycles. The van der Waals surface area contributed by atoms with Gasteiger partial charge in [-0.2, -0.15) is 0 Å². The monoisotopic (exact) mass is 239 g/mol. The number of benzene rings is 1. The Morgan fingerprint density at radius 2 is 1.56 bits per heavy atom. The van der Waals surface area contributed by atoms with Crippen LogP contribution in [0.25, 0.3) is 0 Å². The zero-order chi connectivity index (χ0) is 12.6. The Morgan fingerprint density at radius 3 is 2.06 bits per heavy atom. The molecule has 1 aromatic carbocycles. The Balaban J connectivity index is 2.18. The van der Waals surface area contributed by atoms with Gasteiger partial charge in [0.05, 0.1) is 6.61 Å². The van der Waals surface area contributed by atoms with Crippen LogP contribution in [0.5, 0.6) is 0 Å². The molecule has 1 unspecified atom stereocenters. The predicted octanol–water partition coefficient (Wildman–Crippen LogP) is 3.38. The van der Waals surface area contributed by atoms with E-state index in [9.17, 15) is 0 Å². The fourth-order valence-corrected chi connectivity index (χ4v) is 2.88. The highest BCUT2D eigenvalue weighted by Crippen LogP contribution is 2.55. The first-order valence-electron chi connectivity index (χ1n) is 6.27. The van der Waals surface area contributed by atoms with Gasteiger partial charge in [-0.15, -0.1) is 0 Å². The fraction of sp³-hybridized carbons (Fsp3) is 0.312. The van der Waals surface area contributed by atoms with Crippen molar-refractivity contribution in [3.8, 4) is 0 Å². The highest BCUT2D eigenvalue weighted by atomic mass is 16.5. The molecule has 1 fully saturated rings. The van der Waals surface area contributed by atoms with Crippen LogP contribution < -0.4 is 0 Å². The van der Waals surface area contributed by atoms with E-state index in [2.05, 4.69) is 43.1 Å². The molecule has 3 rings (SSSR count). The van der Waals surface area contributed by atoms with Gasteiger partial charge in [-0.05, 0) is 23.3 Å². The van der Waals surface area contributed by atoms with Gasteiger partial charge in [0, 0.05) is 17.8 Å². The van der Waals surface area contributed by atoms with Crippen molar-refractivity contribution in [1.29, 1.82) is 0 Å². The van der Waals surface area contributed by atoms with Crippen LogP contribution in [0.4, 0.5) is 0 Å². The van der Waals surface area contributed by atoms with Gasteiger partial charge in [-0.25, -0.2) is 0 Å². The molecule has 2 heterocycles. The minimum absolute atomic E-state index is 0.0930. The Morgan fingerprint density at radius 1 is 0.944 bits per heavy atom. The van der Waals surface area contributed by atoms with E-state index < -0.39 is 0 Å². The summed E-state index contributed by atoms with van der Waals surface area (Å²) >= 11 is 0. The minimum atomic E-state index is -0.336. The molecular formula is C16H17NO. The Hall–Kier alpha value is -1.67. The molecule has 0 saturated carbocycles. The Labute approximate surface area is 108 Å². The minimum Gasteiger partial charge on any atom is -0.364 e. The molecule has 0 aliphatic carbocycles. The summed E-state index contributed by atoms with van der Waals surface area (Å²) in [4.78, 5) is 4.10. The van der Waals surface area contributed by atoms with Gasteiger partial charge in [-0.1, -0.05) is 44.2 Å². The quantitative estimate of drug-likeness (QED) is 0.801. The summed E-state index contributed by atoms with van der Waals surface area (Å²) in [5.41, 5.74) is 2.15. The number of pyridine rings is 1. The number of aromatic nitrogens is 1. The van der Waals surface area contributed by atoms with E-state index in [0.29, 0.717) is 0 Å². The van der Waals surface area contributed by atoms with Gasteiger partial charge in [0.25, 0.3) is 0 Å². The van der Waals surface area contributed by atoms with Crippen molar-refractivity contribution < 1.29 is 4.74 Å². The molecule has 2 nitrogen and oxygen atoms in total. The molecule has 2 heteroatoms. The second-order valence-electron chi connectivity index (χ2n) is 5.46. The van der Waals surface area contributed by atoms with Gasteiger partial charge in [0.2, 0.25) is 0 Å². The summed E-state index contributed by atoms with van der Waals surface area (Å²) < 4.78 is 6.08. The van der Waals surface area contributed by atoms with Crippen LogP contribution in [0.15, 0.2) is 54.9 Å². The zero-order valence-electron chi connectivity index (χ0n) is 10.8. The predicted molar refractivity (Wildman–Crippen MR) is 71.2 cm³/mol. The van der Waals surface area contributed by atoms with Crippen molar-refractivity contribution >= 4 is 0 Å². The van der Waals surface area contributed by atoms with E-state index in [1.807, 2.05) is 30.6 Å². The van der Waals surface area contributed by atoms with E-state index in [4.69, 9.17) is 4.74 Å². The van der Waals surface area contributed by atoms with Gasteiger partial charge in [-0.3, -0.25) is 4.98 Å². The molecule has 1 atom stereocenters. The molecule has 0 amide bonds. The van der Waals surface area contributed by atoms with Gasteiger partial charge < -0.3 is 4.74 Å². The lowest BCUT2D eigenvalue weighted by Gasteiger charge is -2.56. The standard InChI is InChI=1S/C16H17NO/c1-15(2)12-18-16(15,13-6-4-3-5-7-13)14-8-10-17-11-9-14/h3-11H,12H2,1-2H3. The largest absolute Gasteiger partial charge is 0.364 e. The molecule has 2 aromatic rings. The third kappa shape index (κ3) is 1.42. The first kappa shape index (κ1) is 11.4. The maximum atomic E-state index is 6.08. The molecule has 1 aliphatic heterocycles. The maximum absolute atomic E-state index is 6.08. The van der Waals surface area contributed by atoms with Crippen LogP contribution in [0, 0.1) is 5.41 Å². The average Bonchev–Trinajstić information content (AvgIpc) is 2.41. The van der Waals surface area contributed by atoms with Crippen LogP contribution in [0.3, 0.4) is 0 Å². The topological polar surface area (TPSA) is 22.1 Å². The SMILES string of the molecule is CC1(C)COC1(c1ccccc1)c1ccncc1. The zero-order valence-corrected chi connectivity index (χ0v) is 10.8. The van der Waals surface area contributed by atoms with Crippen molar-refractivity contribution in [1.82, 2.24) is 4.98 Å². The fourth-order valence-electron chi connectivity index (χ4n) is 2.88. The van der Waals surface area contributed by atoms with Crippen molar-refractivity contribution in [2.75, 3.05) is 6.61 Å². The number of ether oxygens (including phenoxy) is 1. The van der Waals surface area contributed by atoms with Crippen molar-refractivity contribution in [2.45, 2.75) is 19.4 Å². The van der Waals surface area contributed by atoms with Crippen LogP contribution in [0.1, 0.15) is 25.0 Å². The number of rotatable bonds is 2. The summed E-state index contributed by atoms with van der Waals surface area (Å²) in [5, 5.41) is 0. The van der Waals surface area contributed by atoms with Crippen LogP contribution in [-0.2, 0) is 10.3 Å². The number of nitrogens with zero attached hydrogens (tertiary/aromatic N) is 1. The van der Waals surface area contributed by atoms with Gasteiger partial charge in [0.15, 0.2) is 0 Å². The normalized spacial score (nSPS) is 25.4. The summed E-state index contributed by atoms with van der Waals surface area (Å²) in [6, 6.07) is 14.5. The van der Waals surface area contributed by atoms with E-state index in [1.54, 1.807) is 0 Å². The third-order valence-electron chi connectivity index (χ3n) is 3.87. The lowest BCUT2D eigenvalue weighted by molar-refractivity contribution is -0.235. The highest BCUT2D eigenvalue weighted by molar-refractivity contribution is 5.40. The van der Waals surface area contributed by atoms with Crippen molar-refractivity contribution in [3.05, 3.63) is 66.0 Å². The van der Waals surface area contributed by atoms with Crippen LogP contribution in [0.2, 0.25) is 0 Å². The molecule has 1 aliphatic rings. The smallest absolute Gasteiger partial charge is 0.125 e. The molecule has 0 N–H and O–H groups in total. The number of hydrogen-bond acceptors (Lipinski definition) is 2. The molecule has 0 bridgehead atoms. The molecule has 18 heavy (non-hydrogen) atoms. The van der Waals surface area contributed by atoms with E-state index in [-0.39, 0.29) is 11.0 Å². The molecule has 92 valence electrons.